The van der Waals surface area contributed by atoms with Crippen LogP contribution in [0.1, 0.15) is 38.5 Å². The molecule has 0 atom stereocenters. The van der Waals surface area contributed by atoms with Crippen molar-refractivity contribution < 1.29 is 13.5 Å². The van der Waals surface area contributed by atoms with E-state index in [4.69, 9.17) is 0 Å². The predicted octanol–water partition coefficient (Wildman–Crippen LogP) is 3.58. The van der Waals surface area contributed by atoms with Crippen molar-refractivity contribution >= 4 is 41.9 Å². The molecule has 1 aliphatic carbocycles. The van der Waals surface area contributed by atoms with Crippen LogP contribution in [0.25, 0.3) is 0 Å². The number of benzene rings is 1. The van der Waals surface area contributed by atoms with Gasteiger partial charge in [0.1, 0.15) is 0 Å². The molecule has 2 rings (SSSR count). The van der Waals surface area contributed by atoms with Crippen molar-refractivity contribution in [2.24, 2.45) is 0 Å². The third-order valence-electron chi connectivity index (χ3n) is 3.81. The lowest BCUT2D eigenvalue weighted by Gasteiger charge is -2.26. The van der Waals surface area contributed by atoms with Gasteiger partial charge in [0.25, 0.3) is 0 Å². The highest BCUT2D eigenvalue weighted by Gasteiger charge is 2.30. The molecule has 4 nitrogen and oxygen atoms in total. The quantitative estimate of drug-likeness (QED) is 0.703. The first kappa shape index (κ1) is 17.4. The van der Waals surface area contributed by atoms with E-state index in [1.165, 1.54) is 0 Å². The first-order valence-electron chi connectivity index (χ1n) is 7.00. The van der Waals surface area contributed by atoms with Crippen LogP contribution < -0.4 is 4.72 Å². The highest BCUT2D eigenvalue weighted by molar-refractivity contribution is 9.11. The van der Waals surface area contributed by atoms with E-state index in [1.54, 1.807) is 18.2 Å². The van der Waals surface area contributed by atoms with Gasteiger partial charge in [-0.3, -0.25) is 0 Å². The minimum absolute atomic E-state index is 0.0638. The number of halogens is 2. The van der Waals surface area contributed by atoms with Gasteiger partial charge in [-0.05, 0) is 47.0 Å². The zero-order valence-electron chi connectivity index (χ0n) is 11.6. The van der Waals surface area contributed by atoms with Crippen molar-refractivity contribution in [1.82, 2.24) is 4.72 Å². The van der Waals surface area contributed by atoms with Gasteiger partial charge in [-0.15, -0.1) is 0 Å². The molecule has 7 heteroatoms. The van der Waals surface area contributed by atoms with E-state index in [-0.39, 0.29) is 11.4 Å². The summed E-state index contributed by atoms with van der Waals surface area (Å²) in [5, 5.41) is 10.5. The van der Waals surface area contributed by atoms with Crippen LogP contribution in [0.5, 0.6) is 0 Å². The maximum absolute atomic E-state index is 12.4. The summed E-state index contributed by atoms with van der Waals surface area (Å²) in [5.41, 5.74) is -0.929. The molecular weight excluding hydrogens is 422 g/mol. The van der Waals surface area contributed by atoms with E-state index in [0.717, 1.165) is 25.7 Å². The van der Waals surface area contributed by atoms with E-state index in [2.05, 4.69) is 36.6 Å². The molecule has 0 amide bonds. The van der Waals surface area contributed by atoms with Gasteiger partial charge in [0.15, 0.2) is 0 Å². The fourth-order valence-electron chi connectivity index (χ4n) is 2.55. The smallest absolute Gasteiger partial charge is 0.241 e. The molecule has 0 heterocycles. The van der Waals surface area contributed by atoms with Gasteiger partial charge >= 0.3 is 0 Å². The van der Waals surface area contributed by atoms with Crippen LogP contribution in [-0.2, 0) is 10.0 Å². The average molecular weight is 441 g/mol. The van der Waals surface area contributed by atoms with Gasteiger partial charge < -0.3 is 5.11 Å². The molecule has 21 heavy (non-hydrogen) atoms. The van der Waals surface area contributed by atoms with Crippen molar-refractivity contribution in [2.75, 3.05) is 6.54 Å². The summed E-state index contributed by atoms with van der Waals surface area (Å²) in [6.45, 7) is 0.0638. The highest BCUT2D eigenvalue weighted by atomic mass is 79.9. The summed E-state index contributed by atoms with van der Waals surface area (Å²) in [6, 6.07) is 4.99. The molecule has 0 spiro atoms. The number of hydrogen-bond donors (Lipinski definition) is 2. The highest BCUT2D eigenvalue weighted by Crippen LogP contribution is 2.28. The molecule has 1 aromatic rings. The van der Waals surface area contributed by atoms with E-state index >= 15 is 0 Å². The Labute approximate surface area is 142 Å². The Bertz CT molecular complexity index is 596. The van der Waals surface area contributed by atoms with Crippen LogP contribution in [0.15, 0.2) is 32.0 Å². The summed E-state index contributed by atoms with van der Waals surface area (Å²) in [6.07, 6.45) is 5.39. The molecule has 2 N–H and O–H groups in total. The fourth-order valence-corrected chi connectivity index (χ4v) is 5.17. The van der Waals surface area contributed by atoms with E-state index in [9.17, 15) is 13.5 Å². The van der Waals surface area contributed by atoms with Gasteiger partial charge in [-0.1, -0.05) is 41.6 Å². The minimum atomic E-state index is -3.65. The summed E-state index contributed by atoms with van der Waals surface area (Å²) < 4.78 is 28.6. The number of aliphatic hydroxyl groups is 1. The zero-order valence-corrected chi connectivity index (χ0v) is 15.6. The molecule has 118 valence electrons. The zero-order chi connectivity index (χ0) is 15.5. The molecule has 0 saturated heterocycles. The SMILES string of the molecule is O=S(=O)(NCC1(O)CCCCCC1)c1cc(Br)ccc1Br. The lowest BCUT2D eigenvalue weighted by Crippen LogP contribution is -2.42. The fraction of sp³-hybridized carbons (Fsp3) is 0.571. The van der Waals surface area contributed by atoms with Crippen molar-refractivity contribution in [3.8, 4) is 0 Å². The molecule has 0 aromatic heterocycles. The monoisotopic (exact) mass is 439 g/mol. The molecule has 0 aliphatic heterocycles. The van der Waals surface area contributed by atoms with Crippen LogP contribution in [0.4, 0.5) is 0 Å². The molecule has 1 saturated carbocycles. The Hall–Kier alpha value is 0.0500. The van der Waals surface area contributed by atoms with Gasteiger partial charge in [-0.25, -0.2) is 13.1 Å². The Morgan fingerprint density at radius 2 is 1.76 bits per heavy atom. The first-order valence-corrected chi connectivity index (χ1v) is 10.1. The Kier molecular flexibility index (Phi) is 5.87. The van der Waals surface area contributed by atoms with Crippen molar-refractivity contribution in [2.45, 2.75) is 49.0 Å². The molecule has 1 fully saturated rings. The van der Waals surface area contributed by atoms with Crippen LogP contribution in [0.3, 0.4) is 0 Å². The van der Waals surface area contributed by atoms with Gasteiger partial charge in [0.05, 0.1) is 10.5 Å². The molecule has 1 aliphatic rings. The summed E-state index contributed by atoms with van der Waals surface area (Å²) in [4.78, 5) is 0.175. The van der Waals surface area contributed by atoms with E-state index < -0.39 is 15.6 Å². The van der Waals surface area contributed by atoms with Crippen LogP contribution >= 0.6 is 31.9 Å². The Balaban J connectivity index is 2.12. The second kappa shape index (κ2) is 7.08. The standard InChI is InChI=1S/C14H19Br2NO3S/c15-11-5-6-12(16)13(9-11)21(19,20)17-10-14(18)7-3-1-2-4-8-14/h5-6,9,17-18H,1-4,7-8,10H2. The predicted molar refractivity (Wildman–Crippen MR) is 89.7 cm³/mol. The van der Waals surface area contributed by atoms with Crippen molar-refractivity contribution in [3.05, 3.63) is 27.1 Å². The number of hydrogen-bond acceptors (Lipinski definition) is 3. The Morgan fingerprint density at radius 1 is 1.14 bits per heavy atom. The largest absolute Gasteiger partial charge is 0.389 e. The number of sulfonamides is 1. The maximum Gasteiger partial charge on any atom is 0.241 e. The lowest BCUT2D eigenvalue weighted by molar-refractivity contribution is 0.0303. The molecule has 0 radical (unpaired) electrons. The van der Waals surface area contributed by atoms with Crippen molar-refractivity contribution in [3.63, 3.8) is 0 Å². The molecule has 1 aromatic carbocycles. The van der Waals surface area contributed by atoms with E-state index in [0.29, 0.717) is 21.8 Å². The lowest BCUT2D eigenvalue weighted by atomic mass is 9.95. The summed E-state index contributed by atoms with van der Waals surface area (Å²) in [7, 11) is -3.65. The normalized spacial score (nSPS) is 19.2. The van der Waals surface area contributed by atoms with Crippen molar-refractivity contribution in [1.29, 1.82) is 0 Å². The third-order valence-corrected chi connectivity index (χ3v) is 6.70. The van der Waals surface area contributed by atoms with Crippen LogP contribution in [0.2, 0.25) is 0 Å². The topological polar surface area (TPSA) is 66.4 Å². The van der Waals surface area contributed by atoms with Crippen LogP contribution in [0, 0.1) is 0 Å². The second-order valence-corrected chi connectivity index (χ2v) is 9.04. The average Bonchev–Trinajstić information content (AvgIpc) is 2.65. The second-order valence-electron chi connectivity index (χ2n) is 5.54. The number of nitrogens with one attached hydrogen (secondary N) is 1. The summed E-state index contributed by atoms with van der Waals surface area (Å²) >= 11 is 6.53. The van der Waals surface area contributed by atoms with Gasteiger partial charge in [-0.2, -0.15) is 0 Å². The number of rotatable bonds is 4. The van der Waals surface area contributed by atoms with Gasteiger partial charge in [0, 0.05) is 15.5 Å². The van der Waals surface area contributed by atoms with E-state index in [1.807, 2.05) is 0 Å². The van der Waals surface area contributed by atoms with Crippen LogP contribution in [-0.4, -0.2) is 25.7 Å². The van der Waals surface area contributed by atoms with Gasteiger partial charge in [0.2, 0.25) is 10.0 Å². The molecule has 0 bridgehead atoms. The maximum atomic E-state index is 12.4. The molecular formula is C14H19Br2NO3S. The third kappa shape index (κ3) is 4.76. The Morgan fingerprint density at radius 3 is 2.38 bits per heavy atom. The minimum Gasteiger partial charge on any atom is -0.389 e. The molecule has 0 unspecified atom stereocenters. The summed E-state index contributed by atoms with van der Waals surface area (Å²) in [5.74, 6) is 0. The first-order chi connectivity index (χ1) is 9.82.